The summed E-state index contributed by atoms with van der Waals surface area (Å²) >= 11 is 1.47. The molecule has 28 heavy (non-hydrogen) atoms. The van der Waals surface area contributed by atoms with E-state index in [1.54, 1.807) is 6.07 Å². The van der Waals surface area contributed by atoms with Crippen LogP contribution in [0.4, 0.5) is 0 Å². The second-order valence-electron chi connectivity index (χ2n) is 6.24. The van der Waals surface area contributed by atoms with Gasteiger partial charge < -0.3 is 14.9 Å². The van der Waals surface area contributed by atoms with Crippen molar-refractivity contribution in [1.29, 1.82) is 0 Å². The van der Waals surface area contributed by atoms with Crippen molar-refractivity contribution < 1.29 is 14.4 Å². The van der Waals surface area contributed by atoms with Gasteiger partial charge in [-0.15, -0.1) is 11.3 Å². The van der Waals surface area contributed by atoms with Crippen LogP contribution >= 0.6 is 11.3 Å². The first-order chi connectivity index (χ1) is 13.7. The molecule has 2 aromatic carbocycles. The summed E-state index contributed by atoms with van der Waals surface area (Å²) in [6.45, 7) is 0.360. The maximum absolute atomic E-state index is 12.3. The van der Waals surface area contributed by atoms with Gasteiger partial charge in [0.25, 0.3) is 5.91 Å². The van der Waals surface area contributed by atoms with Crippen molar-refractivity contribution in [2.75, 3.05) is 0 Å². The van der Waals surface area contributed by atoms with Crippen LogP contribution in [0.5, 0.6) is 0 Å². The van der Waals surface area contributed by atoms with Crippen molar-refractivity contribution in [3.8, 4) is 11.3 Å². The van der Waals surface area contributed by atoms with Crippen molar-refractivity contribution in [3.05, 3.63) is 99.9 Å². The lowest BCUT2D eigenvalue weighted by molar-refractivity contribution is 0.0942. The number of nitrogens with one attached hydrogen (secondary N) is 1. The first-order valence-corrected chi connectivity index (χ1v) is 9.64. The fraction of sp³-hybridized carbons (Fsp3) is 0.0909. The smallest absolute Gasteiger partial charge is 0.273 e. The quantitative estimate of drug-likeness (QED) is 0.511. The lowest BCUT2D eigenvalue weighted by atomic mass is 10.1. The van der Waals surface area contributed by atoms with Crippen LogP contribution in [0.15, 0.2) is 83.4 Å². The molecule has 140 valence electrons. The van der Waals surface area contributed by atoms with E-state index in [-0.39, 0.29) is 11.6 Å². The molecule has 0 radical (unpaired) electrons. The van der Waals surface area contributed by atoms with E-state index in [0.717, 1.165) is 20.9 Å². The number of aromatic nitrogens is 1. The minimum absolute atomic E-state index is 0.236. The number of nitrogens with zero attached hydrogens (tertiary/aromatic N) is 1. The fourth-order valence-electron chi connectivity index (χ4n) is 2.81. The Balaban J connectivity index is 1.38. The summed E-state index contributed by atoms with van der Waals surface area (Å²) in [5.41, 5.74) is 1.95. The van der Waals surface area contributed by atoms with Gasteiger partial charge in [0.15, 0.2) is 11.5 Å². The van der Waals surface area contributed by atoms with Crippen LogP contribution in [-0.2, 0) is 6.54 Å². The zero-order valence-electron chi connectivity index (χ0n) is 14.9. The third kappa shape index (κ3) is 4.03. The minimum atomic E-state index is -0.667. The number of carbonyl (C=O) groups is 1. The summed E-state index contributed by atoms with van der Waals surface area (Å²) < 4.78 is 5.27. The number of hydrogen-bond acceptors (Lipinski definition) is 5. The van der Waals surface area contributed by atoms with Crippen LogP contribution < -0.4 is 5.32 Å². The molecule has 0 spiro atoms. The third-order valence-corrected chi connectivity index (χ3v) is 5.43. The Labute approximate surface area is 166 Å². The summed E-state index contributed by atoms with van der Waals surface area (Å²) in [6.07, 6.45) is -0.667. The highest BCUT2D eigenvalue weighted by atomic mass is 32.1. The van der Waals surface area contributed by atoms with Crippen molar-refractivity contribution in [2.24, 2.45) is 0 Å². The number of aliphatic hydroxyl groups is 1. The summed E-state index contributed by atoms with van der Waals surface area (Å²) in [7, 11) is 0. The van der Waals surface area contributed by atoms with Crippen LogP contribution in [-0.4, -0.2) is 16.2 Å². The van der Waals surface area contributed by atoms with Crippen LogP contribution in [0.25, 0.3) is 11.3 Å². The Bertz CT molecular complexity index is 1060. The molecule has 0 saturated carbocycles. The Morgan fingerprint density at radius 3 is 2.50 bits per heavy atom. The number of rotatable bonds is 6. The standard InChI is InChI=1S/C22H18N2O3S/c25-21(16-9-5-2-6-10-16)20-12-11-17(28-20)14-23-22(26)18-13-19(27-24-18)15-7-3-1-4-8-15/h1-13,21,25H,14H2,(H,23,26). The van der Waals surface area contributed by atoms with E-state index in [0.29, 0.717) is 12.3 Å². The third-order valence-electron chi connectivity index (χ3n) is 4.29. The molecule has 1 amide bonds. The van der Waals surface area contributed by atoms with Crippen molar-refractivity contribution in [2.45, 2.75) is 12.6 Å². The lowest BCUT2D eigenvalue weighted by Crippen LogP contribution is -2.22. The van der Waals surface area contributed by atoms with E-state index in [9.17, 15) is 9.90 Å². The van der Waals surface area contributed by atoms with Gasteiger partial charge in [-0.05, 0) is 17.7 Å². The highest BCUT2D eigenvalue weighted by Crippen LogP contribution is 2.28. The molecule has 1 atom stereocenters. The zero-order valence-corrected chi connectivity index (χ0v) is 15.7. The molecule has 4 rings (SSSR count). The maximum atomic E-state index is 12.3. The van der Waals surface area contributed by atoms with Crippen LogP contribution in [0.1, 0.15) is 31.9 Å². The number of benzene rings is 2. The summed E-state index contributed by atoms with van der Waals surface area (Å²) in [5.74, 6) is 0.250. The van der Waals surface area contributed by atoms with Gasteiger partial charge in [-0.3, -0.25) is 4.79 Å². The van der Waals surface area contributed by atoms with E-state index in [4.69, 9.17) is 4.52 Å². The molecular weight excluding hydrogens is 372 g/mol. The number of aliphatic hydroxyl groups excluding tert-OH is 1. The van der Waals surface area contributed by atoms with E-state index in [2.05, 4.69) is 10.5 Å². The van der Waals surface area contributed by atoms with E-state index in [1.807, 2.05) is 72.8 Å². The minimum Gasteiger partial charge on any atom is -0.383 e. The number of amides is 1. The number of carbonyl (C=O) groups excluding carboxylic acids is 1. The molecule has 0 fully saturated rings. The predicted molar refractivity (Wildman–Crippen MR) is 108 cm³/mol. The van der Waals surface area contributed by atoms with Gasteiger partial charge in [0.1, 0.15) is 6.10 Å². The van der Waals surface area contributed by atoms with Crippen LogP contribution in [0.3, 0.4) is 0 Å². The number of hydrogen-bond donors (Lipinski definition) is 2. The van der Waals surface area contributed by atoms with Gasteiger partial charge in [-0.2, -0.15) is 0 Å². The predicted octanol–water partition coefficient (Wildman–Crippen LogP) is 4.41. The highest BCUT2D eigenvalue weighted by Gasteiger charge is 2.15. The fourth-order valence-corrected chi connectivity index (χ4v) is 3.78. The Morgan fingerprint density at radius 2 is 1.75 bits per heavy atom. The topological polar surface area (TPSA) is 75.4 Å². The molecule has 2 aromatic heterocycles. The number of thiophene rings is 1. The van der Waals surface area contributed by atoms with Gasteiger partial charge in [0.05, 0.1) is 6.54 Å². The van der Waals surface area contributed by atoms with Gasteiger partial charge >= 0.3 is 0 Å². The SMILES string of the molecule is O=C(NCc1ccc(C(O)c2ccccc2)s1)c1cc(-c2ccccc2)on1. The second-order valence-corrected chi connectivity index (χ2v) is 7.44. The first kappa shape index (κ1) is 18.2. The van der Waals surface area contributed by atoms with Crippen LogP contribution in [0.2, 0.25) is 0 Å². The Kier molecular flexibility index (Phi) is 5.32. The Hall–Kier alpha value is -3.22. The molecule has 0 aliphatic rings. The molecular formula is C22H18N2O3S. The average molecular weight is 390 g/mol. The van der Waals surface area contributed by atoms with Crippen molar-refractivity contribution in [3.63, 3.8) is 0 Å². The summed E-state index contributed by atoms with van der Waals surface area (Å²) in [5, 5.41) is 17.2. The maximum Gasteiger partial charge on any atom is 0.273 e. The molecule has 0 saturated heterocycles. The molecule has 0 aliphatic heterocycles. The molecule has 5 nitrogen and oxygen atoms in total. The molecule has 2 heterocycles. The monoisotopic (exact) mass is 390 g/mol. The summed E-state index contributed by atoms with van der Waals surface area (Å²) in [4.78, 5) is 14.1. The van der Waals surface area contributed by atoms with E-state index < -0.39 is 6.10 Å². The summed E-state index contributed by atoms with van der Waals surface area (Å²) in [6, 6.07) is 24.4. The van der Waals surface area contributed by atoms with E-state index >= 15 is 0 Å². The molecule has 0 bridgehead atoms. The lowest BCUT2D eigenvalue weighted by Gasteiger charge is -2.08. The molecule has 4 aromatic rings. The van der Waals surface area contributed by atoms with Gasteiger partial charge in [-0.25, -0.2) is 0 Å². The van der Waals surface area contributed by atoms with Gasteiger partial charge in [0, 0.05) is 21.4 Å². The van der Waals surface area contributed by atoms with Gasteiger partial charge in [-0.1, -0.05) is 65.8 Å². The second kappa shape index (κ2) is 8.21. The normalized spacial score (nSPS) is 11.9. The molecule has 6 heteroatoms. The first-order valence-electron chi connectivity index (χ1n) is 8.82. The molecule has 2 N–H and O–H groups in total. The largest absolute Gasteiger partial charge is 0.383 e. The Morgan fingerprint density at radius 1 is 1.04 bits per heavy atom. The van der Waals surface area contributed by atoms with Crippen molar-refractivity contribution in [1.82, 2.24) is 10.5 Å². The molecule has 0 aliphatic carbocycles. The zero-order chi connectivity index (χ0) is 19.3. The molecule has 1 unspecified atom stereocenters. The van der Waals surface area contributed by atoms with E-state index in [1.165, 1.54) is 11.3 Å². The highest BCUT2D eigenvalue weighted by molar-refractivity contribution is 7.12. The average Bonchev–Trinajstić information content (AvgIpc) is 3.43. The van der Waals surface area contributed by atoms with Crippen molar-refractivity contribution >= 4 is 17.2 Å². The van der Waals surface area contributed by atoms with Gasteiger partial charge in [0.2, 0.25) is 0 Å². The van der Waals surface area contributed by atoms with Crippen LogP contribution in [0, 0.1) is 0 Å².